The number of hydrogen-bond donors (Lipinski definition) is 0. The molecule has 0 aliphatic carbocycles. The number of aryl methyl sites for hydroxylation is 2. The maximum absolute atomic E-state index is 12.9. The van der Waals surface area contributed by atoms with Crippen molar-refractivity contribution in [3.63, 3.8) is 0 Å². The second-order valence-electron chi connectivity index (χ2n) is 6.88. The topological polar surface area (TPSA) is 74.8 Å². The number of aromatic nitrogens is 5. The van der Waals surface area contributed by atoms with Crippen molar-refractivity contribution in [3.8, 4) is 5.69 Å². The van der Waals surface area contributed by atoms with Gasteiger partial charge in [0.2, 0.25) is 5.16 Å². The molecule has 1 aromatic carbocycles. The average molecular weight is 400 g/mol. The summed E-state index contributed by atoms with van der Waals surface area (Å²) in [4.78, 5) is 12.9. The molecular formula is C20H25N5O2S. The first-order valence-electron chi connectivity index (χ1n) is 9.11. The highest BCUT2D eigenvalue weighted by Gasteiger charge is 2.20. The summed E-state index contributed by atoms with van der Waals surface area (Å²) in [7, 11) is 1.69. The van der Waals surface area contributed by atoms with Gasteiger partial charge in [-0.05, 0) is 61.9 Å². The second-order valence-corrected chi connectivity index (χ2v) is 7.83. The fourth-order valence-electron chi connectivity index (χ4n) is 3.45. The Kier molecular flexibility index (Phi) is 6.31. The Bertz CT molecular complexity index is 979. The number of ketones is 1. The molecule has 2 heterocycles. The Morgan fingerprint density at radius 1 is 1.25 bits per heavy atom. The van der Waals surface area contributed by atoms with E-state index in [0.29, 0.717) is 11.8 Å². The first-order valence-corrected chi connectivity index (χ1v) is 10.1. The van der Waals surface area contributed by atoms with Crippen LogP contribution >= 0.6 is 11.8 Å². The minimum Gasteiger partial charge on any atom is -0.383 e. The van der Waals surface area contributed by atoms with Gasteiger partial charge in [0, 0.05) is 24.1 Å². The fourth-order valence-corrected chi connectivity index (χ4v) is 4.23. The van der Waals surface area contributed by atoms with E-state index in [4.69, 9.17) is 4.74 Å². The summed E-state index contributed by atoms with van der Waals surface area (Å²) in [5, 5.41) is 12.5. The minimum absolute atomic E-state index is 0.0627. The van der Waals surface area contributed by atoms with Crippen molar-refractivity contribution < 1.29 is 9.53 Å². The number of carbonyl (C=O) groups is 1. The number of carbonyl (C=O) groups excluding carboxylic acids is 1. The van der Waals surface area contributed by atoms with Crippen molar-refractivity contribution in [1.82, 2.24) is 24.8 Å². The number of tetrazole rings is 1. The van der Waals surface area contributed by atoms with Crippen LogP contribution in [-0.2, 0) is 4.74 Å². The molecule has 3 rings (SSSR count). The number of hydrogen-bond acceptors (Lipinski definition) is 6. The quantitative estimate of drug-likeness (QED) is 0.426. The van der Waals surface area contributed by atoms with Gasteiger partial charge in [0.1, 0.15) is 0 Å². The molecule has 0 amide bonds. The van der Waals surface area contributed by atoms with E-state index >= 15 is 0 Å². The normalized spacial score (nSPS) is 12.3. The Labute approximate surface area is 169 Å². The monoisotopic (exact) mass is 399 g/mol. The van der Waals surface area contributed by atoms with Gasteiger partial charge in [-0.25, -0.2) is 0 Å². The molecule has 0 saturated carbocycles. The molecule has 2 aromatic heterocycles. The van der Waals surface area contributed by atoms with E-state index in [2.05, 4.69) is 27.0 Å². The number of thioether (sulfide) groups is 1. The summed E-state index contributed by atoms with van der Waals surface area (Å²) in [6, 6.07) is 10.1. The predicted octanol–water partition coefficient (Wildman–Crippen LogP) is 3.57. The second kappa shape index (κ2) is 8.70. The number of ether oxygens (including phenoxy) is 1. The molecule has 7 nitrogen and oxygen atoms in total. The highest BCUT2D eigenvalue weighted by atomic mass is 32.2. The molecular weight excluding hydrogens is 374 g/mol. The third-order valence-corrected chi connectivity index (χ3v) is 5.57. The van der Waals surface area contributed by atoms with E-state index in [1.54, 1.807) is 11.8 Å². The summed E-state index contributed by atoms with van der Waals surface area (Å²) < 4.78 is 9.08. The standard InChI is InChI=1S/C20H25N5O2S/c1-13-7-6-8-17(9-13)25-20(21-22-23-25)28-12-19(26)18-10-14(2)24(16(18)4)15(3)11-27-5/h6-10,15H,11-12H2,1-5H3. The highest BCUT2D eigenvalue weighted by Crippen LogP contribution is 2.24. The van der Waals surface area contributed by atoms with Crippen molar-refractivity contribution in [3.05, 3.63) is 52.8 Å². The zero-order valence-corrected chi connectivity index (χ0v) is 17.7. The Balaban J connectivity index is 1.76. The Morgan fingerprint density at radius 3 is 2.75 bits per heavy atom. The van der Waals surface area contributed by atoms with E-state index in [1.165, 1.54) is 11.8 Å². The van der Waals surface area contributed by atoms with Crippen LogP contribution in [0.25, 0.3) is 5.69 Å². The van der Waals surface area contributed by atoms with Crippen molar-refractivity contribution in [2.24, 2.45) is 0 Å². The number of rotatable bonds is 8. The molecule has 0 aliphatic rings. The summed E-state index contributed by atoms with van der Waals surface area (Å²) >= 11 is 1.34. The van der Waals surface area contributed by atoms with Gasteiger partial charge in [-0.1, -0.05) is 23.9 Å². The molecule has 1 atom stereocenters. The van der Waals surface area contributed by atoms with Gasteiger partial charge in [-0.3, -0.25) is 4.79 Å². The molecule has 3 aromatic rings. The number of Topliss-reactive ketones (excluding diaryl/α,β-unsaturated/α-hetero) is 1. The summed E-state index contributed by atoms with van der Waals surface area (Å²) in [6.45, 7) is 8.70. The van der Waals surface area contributed by atoms with Gasteiger partial charge in [-0.15, -0.1) is 5.10 Å². The molecule has 0 N–H and O–H groups in total. The summed E-state index contributed by atoms with van der Waals surface area (Å²) in [5.74, 6) is 0.336. The Morgan fingerprint density at radius 2 is 2.04 bits per heavy atom. The molecule has 0 bridgehead atoms. The van der Waals surface area contributed by atoms with Crippen LogP contribution in [0.5, 0.6) is 0 Å². The molecule has 1 unspecified atom stereocenters. The van der Waals surface area contributed by atoms with E-state index in [9.17, 15) is 4.79 Å². The third-order valence-electron chi connectivity index (χ3n) is 4.65. The summed E-state index contributed by atoms with van der Waals surface area (Å²) in [5.41, 5.74) is 4.76. The van der Waals surface area contributed by atoms with Crippen molar-refractivity contribution in [2.45, 2.75) is 38.9 Å². The SMILES string of the molecule is COCC(C)n1c(C)cc(C(=O)CSc2nnnn2-c2cccc(C)c2)c1C. The molecule has 8 heteroatoms. The van der Waals surface area contributed by atoms with Crippen LogP contribution in [0.4, 0.5) is 0 Å². The minimum atomic E-state index is 0.0627. The van der Waals surface area contributed by atoms with Crippen LogP contribution in [0.15, 0.2) is 35.5 Å². The highest BCUT2D eigenvalue weighted by molar-refractivity contribution is 7.99. The van der Waals surface area contributed by atoms with Gasteiger partial charge in [0.25, 0.3) is 0 Å². The van der Waals surface area contributed by atoms with Crippen LogP contribution in [0.3, 0.4) is 0 Å². The largest absolute Gasteiger partial charge is 0.383 e. The molecule has 28 heavy (non-hydrogen) atoms. The first-order chi connectivity index (χ1) is 13.4. The van der Waals surface area contributed by atoms with Crippen LogP contribution in [0.2, 0.25) is 0 Å². The molecule has 0 aliphatic heterocycles. The number of nitrogens with zero attached hydrogens (tertiary/aromatic N) is 5. The maximum Gasteiger partial charge on any atom is 0.214 e. The maximum atomic E-state index is 12.9. The molecule has 0 radical (unpaired) electrons. The van der Waals surface area contributed by atoms with Crippen molar-refractivity contribution in [1.29, 1.82) is 0 Å². The smallest absolute Gasteiger partial charge is 0.214 e. The lowest BCUT2D eigenvalue weighted by atomic mass is 10.2. The molecule has 148 valence electrons. The third kappa shape index (κ3) is 4.18. The Hall–Kier alpha value is -2.45. The zero-order valence-electron chi connectivity index (χ0n) is 16.8. The van der Waals surface area contributed by atoms with Crippen molar-refractivity contribution in [2.75, 3.05) is 19.5 Å². The van der Waals surface area contributed by atoms with Gasteiger partial charge >= 0.3 is 0 Å². The zero-order chi connectivity index (χ0) is 20.3. The van der Waals surface area contributed by atoms with Crippen LogP contribution in [0, 0.1) is 20.8 Å². The van der Waals surface area contributed by atoms with Crippen molar-refractivity contribution >= 4 is 17.5 Å². The van der Waals surface area contributed by atoms with E-state index in [1.807, 2.05) is 51.1 Å². The molecule has 0 spiro atoms. The lowest BCUT2D eigenvalue weighted by Gasteiger charge is -2.17. The number of benzene rings is 1. The molecule has 0 fully saturated rings. The van der Waals surface area contributed by atoms with Gasteiger partial charge in [0.15, 0.2) is 5.78 Å². The summed E-state index contributed by atoms with van der Waals surface area (Å²) in [6.07, 6.45) is 0. The lowest BCUT2D eigenvalue weighted by molar-refractivity contribution is 0.102. The van der Waals surface area contributed by atoms with Gasteiger partial charge < -0.3 is 9.30 Å². The first kappa shape index (κ1) is 20.3. The van der Waals surface area contributed by atoms with Gasteiger partial charge in [0.05, 0.1) is 24.1 Å². The van der Waals surface area contributed by atoms with E-state index in [0.717, 1.165) is 28.2 Å². The molecule has 0 saturated heterocycles. The predicted molar refractivity (Wildman–Crippen MR) is 109 cm³/mol. The average Bonchev–Trinajstić information content (AvgIpc) is 3.24. The lowest BCUT2D eigenvalue weighted by Crippen LogP contribution is -2.14. The van der Waals surface area contributed by atoms with Crippen LogP contribution in [-0.4, -0.2) is 50.0 Å². The fraction of sp³-hybridized carbons (Fsp3) is 0.400. The van der Waals surface area contributed by atoms with Crippen LogP contribution in [0.1, 0.15) is 40.3 Å². The van der Waals surface area contributed by atoms with Gasteiger partial charge in [-0.2, -0.15) is 4.68 Å². The van der Waals surface area contributed by atoms with E-state index < -0.39 is 0 Å². The number of methoxy groups -OCH3 is 1. The van der Waals surface area contributed by atoms with E-state index in [-0.39, 0.29) is 17.6 Å². The van der Waals surface area contributed by atoms with Crippen LogP contribution < -0.4 is 0 Å².